The third-order valence-corrected chi connectivity index (χ3v) is 1.69. The molecular weight excluding hydrogens is 352 g/mol. The van der Waals surface area contributed by atoms with Crippen LogP contribution in [0, 0.1) is 0 Å². The van der Waals surface area contributed by atoms with Gasteiger partial charge in [0.1, 0.15) is 0 Å². The van der Waals surface area contributed by atoms with Crippen LogP contribution < -0.4 is 0 Å². The summed E-state index contributed by atoms with van der Waals surface area (Å²) in [6.45, 7) is -4.34. The molecule has 0 aromatic carbocycles. The first-order valence-electron chi connectivity index (χ1n) is 3.95. The molecule has 20 heavy (non-hydrogen) atoms. The normalized spacial score (nSPS) is 13.7. The van der Waals surface area contributed by atoms with Crippen molar-refractivity contribution in [2.24, 2.45) is 0 Å². The predicted molar refractivity (Wildman–Crippen MR) is 48.1 cm³/mol. The molecule has 0 radical (unpaired) electrons. The first-order valence-corrected chi connectivity index (χ1v) is 7.01. The van der Waals surface area contributed by atoms with Crippen LogP contribution in [0.4, 0.5) is 26.3 Å². The van der Waals surface area contributed by atoms with Crippen LogP contribution in [0.5, 0.6) is 0 Å². The molecule has 0 amide bonds. The van der Waals surface area contributed by atoms with Gasteiger partial charge in [0, 0.05) is 0 Å². The van der Waals surface area contributed by atoms with Crippen molar-refractivity contribution in [3.63, 3.8) is 0 Å². The Morgan fingerprint density at radius 3 is 1.10 bits per heavy atom. The summed E-state index contributed by atoms with van der Waals surface area (Å²) in [5, 5.41) is 0. The lowest BCUT2D eigenvalue weighted by atomic mass is 10.7. The molecule has 4 N–H and O–H groups in total. The monoisotopic (exact) mass is 360 g/mol. The molecule has 8 nitrogen and oxygen atoms in total. The fourth-order valence-corrected chi connectivity index (χ4v) is 1.04. The van der Waals surface area contributed by atoms with Gasteiger partial charge >= 0.3 is 28.0 Å². The zero-order valence-corrected chi connectivity index (χ0v) is 10.8. The first kappa shape index (κ1) is 22.1. The molecule has 0 saturated heterocycles. The maximum Gasteiger partial charge on any atom is 0.472 e. The number of hydrogen-bond acceptors (Lipinski definition) is 4. The number of phosphoric ester groups is 1. The third kappa shape index (κ3) is 26.4. The Morgan fingerprint density at radius 1 is 0.750 bits per heavy atom. The zero-order valence-electron chi connectivity index (χ0n) is 9.00. The Hall–Kier alpha value is -0.200. The summed E-state index contributed by atoms with van der Waals surface area (Å²) in [5.74, 6) is 0. The highest BCUT2D eigenvalue weighted by Gasteiger charge is 2.37. The summed E-state index contributed by atoms with van der Waals surface area (Å²) < 4.78 is 94.4. The van der Waals surface area contributed by atoms with E-state index in [9.17, 15) is 30.9 Å². The molecule has 0 unspecified atom stereocenters. The van der Waals surface area contributed by atoms with E-state index in [-0.39, 0.29) is 0 Å². The van der Waals surface area contributed by atoms with E-state index in [0.29, 0.717) is 0 Å². The van der Waals surface area contributed by atoms with E-state index in [0.717, 1.165) is 0 Å². The van der Waals surface area contributed by atoms with Gasteiger partial charge in [0.05, 0.1) is 0 Å². The van der Waals surface area contributed by atoms with Crippen LogP contribution in [-0.2, 0) is 18.2 Å². The summed E-state index contributed by atoms with van der Waals surface area (Å²) in [5.41, 5.74) is 0. The standard InChI is InChI=1S/C4H5F6O4P.H3O4P/c5-3(6,7)1-13-15(11,12)14-2-4(8,9)10;1-5(2,3)4/h1-2H2,(H,11,12);(H3,1,2,3,4). The van der Waals surface area contributed by atoms with E-state index in [1.165, 1.54) is 0 Å². The maximum atomic E-state index is 11.4. The van der Waals surface area contributed by atoms with Crippen LogP contribution in [0.3, 0.4) is 0 Å². The Labute approximate surface area is 106 Å². The number of hydrogen-bond donors (Lipinski definition) is 4. The molecule has 0 aliphatic rings. The molecule has 0 atom stereocenters. The van der Waals surface area contributed by atoms with Crippen molar-refractivity contribution in [2.45, 2.75) is 12.4 Å². The van der Waals surface area contributed by atoms with E-state index in [4.69, 9.17) is 24.1 Å². The molecule has 16 heteroatoms. The molecule has 0 saturated carbocycles. The van der Waals surface area contributed by atoms with E-state index in [1.807, 2.05) is 0 Å². The van der Waals surface area contributed by atoms with Crippen LogP contribution in [0.1, 0.15) is 0 Å². The Kier molecular flexibility index (Phi) is 8.51. The van der Waals surface area contributed by atoms with Gasteiger partial charge in [-0.05, 0) is 0 Å². The Bertz CT molecular complexity index is 342. The highest BCUT2D eigenvalue weighted by atomic mass is 31.2. The van der Waals surface area contributed by atoms with Gasteiger partial charge in [0.15, 0.2) is 13.2 Å². The van der Waals surface area contributed by atoms with Gasteiger partial charge in [-0.2, -0.15) is 26.3 Å². The second-order valence-corrected chi connectivity index (χ2v) is 5.24. The largest absolute Gasteiger partial charge is 0.472 e. The highest BCUT2D eigenvalue weighted by Crippen LogP contribution is 2.45. The molecular formula is C4H8F6O8P2. The second kappa shape index (κ2) is 7.71. The predicted octanol–water partition coefficient (Wildman–Crippen LogP) is 1.32. The molecule has 124 valence electrons. The van der Waals surface area contributed by atoms with Crippen molar-refractivity contribution in [3.8, 4) is 0 Å². The fourth-order valence-electron chi connectivity index (χ4n) is 0.347. The van der Waals surface area contributed by atoms with Crippen LogP contribution >= 0.6 is 15.6 Å². The topological polar surface area (TPSA) is 134 Å². The number of alkyl halides is 6. The quantitative estimate of drug-likeness (QED) is 0.436. The molecule has 0 spiro atoms. The fraction of sp³-hybridized carbons (Fsp3) is 1.00. The van der Waals surface area contributed by atoms with Gasteiger partial charge < -0.3 is 19.6 Å². The van der Waals surface area contributed by atoms with Crippen molar-refractivity contribution in [3.05, 3.63) is 0 Å². The van der Waals surface area contributed by atoms with Crippen molar-refractivity contribution in [1.82, 2.24) is 0 Å². The van der Waals surface area contributed by atoms with Gasteiger partial charge in [0.2, 0.25) is 0 Å². The number of halogens is 6. The summed E-state index contributed by atoms with van der Waals surface area (Å²) in [4.78, 5) is 29.9. The van der Waals surface area contributed by atoms with E-state index < -0.39 is 41.2 Å². The van der Waals surface area contributed by atoms with Gasteiger partial charge in [-0.25, -0.2) is 9.13 Å². The number of rotatable bonds is 4. The minimum atomic E-state index is -5.33. The maximum absolute atomic E-state index is 11.4. The van der Waals surface area contributed by atoms with E-state index in [2.05, 4.69) is 9.05 Å². The van der Waals surface area contributed by atoms with Crippen molar-refractivity contribution >= 4 is 15.6 Å². The van der Waals surface area contributed by atoms with Crippen LogP contribution in [0.15, 0.2) is 0 Å². The van der Waals surface area contributed by atoms with Crippen LogP contribution in [-0.4, -0.2) is 45.1 Å². The minimum absolute atomic E-state index is 2.17. The average molecular weight is 360 g/mol. The molecule has 0 heterocycles. The van der Waals surface area contributed by atoms with Crippen molar-refractivity contribution < 1.29 is 64.1 Å². The molecule has 0 rings (SSSR count). The Morgan fingerprint density at radius 2 is 0.950 bits per heavy atom. The SMILES string of the molecule is O=P(O)(O)O.O=P(O)(OCC(F)(F)F)OCC(F)(F)F. The highest BCUT2D eigenvalue weighted by molar-refractivity contribution is 7.47. The van der Waals surface area contributed by atoms with Gasteiger partial charge in [0.25, 0.3) is 0 Å². The average Bonchev–Trinajstić information content (AvgIpc) is 2.07. The van der Waals surface area contributed by atoms with Crippen molar-refractivity contribution in [2.75, 3.05) is 13.2 Å². The second-order valence-electron chi connectivity index (χ2n) is 2.76. The lowest BCUT2D eigenvalue weighted by Gasteiger charge is -2.14. The summed E-state index contributed by atoms with van der Waals surface area (Å²) >= 11 is 0. The summed E-state index contributed by atoms with van der Waals surface area (Å²) in [6.07, 6.45) is -9.86. The van der Waals surface area contributed by atoms with Crippen molar-refractivity contribution in [1.29, 1.82) is 0 Å². The lowest BCUT2D eigenvalue weighted by Crippen LogP contribution is -2.19. The molecule has 0 fully saturated rings. The van der Waals surface area contributed by atoms with E-state index >= 15 is 0 Å². The minimum Gasteiger partial charge on any atom is -0.303 e. The zero-order chi connectivity index (χ0) is 16.8. The smallest absolute Gasteiger partial charge is 0.303 e. The van der Waals surface area contributed by atoms with Crippen LogP contribution in [0.2, 0.25) is 0 Å². The molecule has 0 bridgehead atoms. The van der Waals surface area contributed by atoms with Gasteiger partial charge in [-0.1, -0.05) is 0 Å². The lowest BCUT2D eigenvalue weighted by molar-refractivity contribution is -0.169. The summed E-state index contributed by atoms with van der Waals surface area (Å²) in [6, 6.07) is 0. The summed E-state index contributed by atoms with van der Waals surface area (Å²) in [7, 11) is -9.96. The first-order chi connectivity index (χ1) is 8.41. The Balaban J connectivity index is 0. The molecule has 0 aliphatic carbocycles. The molecule has 0 aliphatic heterocycles. The molecule has 0 aromatic rings. The van der Waals surface area contributed by atoms with Gasteiger partial charge in [-0.15, -0.1) is 0 Å². The molecule has 0 aromatic heterocycles. The van der Waals surface area contributed by atoms with E-state index in [1.54, 1.807) is 0 Å². The number of phosphoric acid groups is 2. The van der Waals surface area contributed by atoms with Gasteiger partial charge in [-0.3, -0.25) is 9.05 Å². The van der Waals surface area contributed by atoms with Crippen LogP contribution in [0.25, 0.3) is 0 Å². The third-order valence-electron chi connectivity index (χ3n) is 0.783.